The van der Waals surface area contributed by atoms with Gasteiger partial charge in [0.05, 0.1) is 39.3 Å². The molecule has 0 spiro atoms. The molecule has 1 heterocycles. The minimum absolute atomic E-state index is 0. The zero-order chi connectivity index (χ0) is 21.9. The number of unbranched alkanes of at least 4 members (excludes halogenated alkanes) is 14. The molecule has 1 amide bonds. The number of piperazine rings is 1. The molecule has 31 heavy (non-hydrogen) atoms. The first-order valence-corrected chi connectivity index (χ1v) is 13.4. The van der Waals surface area contributed by atoms with Gasteiger partial charge in [-0.25, -0.2) is 0 Å². The lowest BCUT2D eigenvalue weighted by atomic mass is 10.0. The molecule has 0 bridgehead atoms. The molecule has 0 atom stereocenters. The number of hydrogen-bond donors (Lipinski definition) is 0. The summed E-state index contributed by atoms with van der Waals surface area (Å²) in [5.74, 6) is 0.386. The van der Waals surface area contributed by atoms with Gasteiger partial charge in [-0.3, -0.25) is 4.79 Å². The molecule has 0 N–H and O–H groups in total. The average molecular weight is 502 g/mol. The van der Waals surface area contributed by atoms with Crippen LogP contribution in [0.25, 0.3) is 0 Å². The van der Waals surface area contributed by atoms with Gasteiger partial charge in [-0.05, 0) is 19.4 Å². The topological polar surface area (TPSA) is 20.3 Å². The Labute approximate surface area is 205 Å². The van der Waals surface area contributed by atoms with Gasteiger partial charge in [-0.2, -0.15) is 0 Å². The number of nitrogens with zero attached hydrogens (tertiary/aromatic N) is 2. The summed E-state index contributed by atoms with van der Waals surface area (Å²) < 4.78 is 1.10. The average Bonchev–Trinajstić information content (AvgIpc) is 2.77. The maximum absolute atomic E-state index is 12.5. The second-order valence-electron chi connectivity index (χ2n) is 9.66. The quantitative estimate of drug-likeness (QED) is 0.148. The van der Waals surface area contributed by atoms with E-state index in [0.717, 1.165) is 56.6 Å². The Morgan fingerprint density at radius 2 is 1.19 bits per heavy atom. The molecule has 0 aromatic carbocycles. The fraction of sp³-hybridized carbons (Fsp3) is 0.889. The molecule has 1 saturated heterocycles. The van der Waals surface area contributed by atoms with Gasteiger partial charge in [0.2, 0.25) is 5.91 Å². The third-order valence-corrected chi connectivity index (χ3v) is 7.22. The van der Waals surface area contributed by atoms with E-state index in [9.17, 15) is 4.79 Å². The van der Waals surface area contributed by atoms with Crippen molar-refractivity contribution in [3.63, 3.8) is 0 Å². The Morgan fingerprint density at radius 1 is 0.774 bits per heavy atom. The summed E-state index contributed by atoms with van der Waals surface area (Å²) in [6, 6.07) is 0. The molecule has 0 unspecified atom stereocenters. The number of hydrogen-bond acceptors (Lipinski definition) is 1. The maximum Gasteiger partial charge on any atom is 0.222 e. The van der Waals surface area contributed by atoms with Crippen molar-refractivity contribution in [3.8, 4) is 0 Å². The van der Waals surface area contributed by atoms with Crippen molar-refractivity contribution in [1.29, 1.82) is 0 Å². The van der Waals surface area contributed by atoms with Crippen molar-refractivity contribution in [2.45, 2.75) is 117 Å². The second kappa shape index (κ2) is 20.3. The number of amides is 1. The zero-order valence-corrected chi connectivity index (χ0v) is 22.6. The Balaban J connectivity index is 0.00000900. The van der Waals surface area contributed by atoms with E-state index in [2.05, 4.69) is 25.3 Å². The van der Waals surface area contributed by atoms with Crippen LogP contribution in [-0.4, -0.2) is 54.6 Å². The maximum atomic E-state index is 12.5. The van der Waals surface area contributed by atoms with E-state index < -0.39 is 0 Å². The Kier molecular flexibility index (Phi) is 20.0. The standard InChI is InChI=1S/C27H53N2O.BrH/c1-4-7-8-9-10-11-12-13-14-15-16-17-18-19-20-21-27(30)28-22-25-29(6-3,24-5-2)26-23-28;/h5H,2,4,6-26H2,1,3H3;1H/q+1;/p-1. The summed E-state index contributed by atoms with van der Waals surface area (Å²) in [5, 5.41) is 0. The van der Waals surface area contributed by atoms with Crippen LogP contribution in [-0.2, 0) is 4.79 Å². The van der Waals surface area contributed by atoms with Crippen LogP contribution < -0.4 is 17.0 Å². The highest BCUT2D eigenvalue weighted by Gasteiger charge is 2.31. The van der Waals surface area contributed by atoms with Crippen molar-refractivity contribution in [1.82, 2.24) is 4.90 Å². The Bertz CT molecular complexity index is 433. The monoisotopic (exact) mass is 500 g/mol. The molecule has 0 radical (unpaired) electrons. The molecular formula is C27H53BrN2O. The normalized spacial score (nSPS) is 15.5. The Hall–Kier alpha value is -0.350. The molecule has 0 aromatic rings. The van der Waals surface area contributed by atoms with E-state index in [1.807, 2.05) is 6.08 Å². The minimum atomic E-state index is 0. The highest BCUT2D eigenvalue weighted by atomic mass is 79.9. The molecule has 184 valence electrons. The molecule has 0 aliphatic carbocycles. The van der Waals surface area contributed by atoms with Gasteiger partial charge in [0.25, 0.3) is 0 Å². The number of quaternary nitrogens is 1. The molecular weight excluding hydrogens is 448 g/mol. The summed E-state index contributed by atoms with van der Waals surface area (Å²) in [6.07, 6.45) is 23.4. The van der Waals surface area contributed by atoms with Crippen molar-refractivity contribution >= 4 is 5.91 Å². The molecule has 0 saturated carbocycles. The van der Waals surface area contributed by atoms with Crippen LogP contribution in [0.4, 0.5) is 0 Å². The molecule has 1 aliphatic heterocycles. The van der Waals surface area contributed by atoms with Crippen LogP contribution in [0.5, 0.6) is 0 Å². The summed E-state index contributed by atoms with van der Waals surface area (Å²) in [6.45, 7) is 14.7. The third-order valence-electron chi connectivity index (χ3n) is 7.22. The number of rotatable bonds is 19. The van der Waals surface area contributed by atoms with Gasteiger partial charge in [-0.1, -0.05) is 103 Å². The number of carbonyl (C=O) groups is 1. The van der Waals surface area contributed by atoms with Gasteiger partial charge in [0.1, 0.15) is 0 Å². The summed E-state index contributed by atoms with van der Waals surface area (Å²) >= 11 is 0. The van der Waals surface area contributed by atoms with Crippen LogP contribution in [0.3, 0.4) is 0 Å². The van der Waals surface area contributed by atoms with E-state index in [4.69, 9.17) is 0 Å². The van der Waals surface area contributed by atoms with Crippen molar-refractivity contribution < 1.29 is 26.3 Å². The zero-order valence-electron chi connectivity index (χ0n) is 21.0. The molecule has 0 aromatic heterocycles. The number of likely N-dealkylation sites (N-methyl/N-ethyl adjacent to an activating group) is 1. The first kappa shape index (κ1) is 30.6. The van der Waals surface area contributed by atoms with Gasteiger partial charge in [0, 0.05) is 6.42 Å². The van der Waals surface area contributed by atoms with E-state index in [1.165, 1.54) is 89.9 Å². The molecule has 4 heteroatoms. The van der Waals surface area contributed by atoms with E-state index in [1.54, 1.807) is 0 Å². The van der Waals surface area contributed by atoms with Crippen molar-refractivity contribution in [2.75, 3.05) is 39.3 Å². The lowest BCUT2D eigenvalue weighted by Gasteiger charge is -2.43. The van der Waals surface area contributed by atoms with Gasteiger partial charge in [-0.15, -0.1) is 0 Å². The van der Waals surface area contributed by atoms with Crippen LogP contribution >= 0.6 is 0 Å². The van der Waals surface area contributed by atoms with Crippen LogP contribution in [0, 0.1) is 0 Å². The second-order valence-corrected chi connectivity index (χ2v) is 9.66. The van der Waals surface area contributed by atoms with Crippen LogP contribution in [0.15, 0.2) is 12.7 Å². The van der Waals surface area contributed by atoms with E-state index in [0.29, 0.717) is 5.91 Å². The highest BCUT2D eigenvalue weighted by molar-refractivity contribution is 5.76. The van der Waals surface area contributed by atoms with Gasteiger partial charge in [0.15, 0.2) is 0 Å². The molecule has 1 rings (SSSR count). The number of halogens is 1. The number of carbonyl (C=O) groups excluding carboxylic acids is 1. The van der Waals surface area contributed by atoms with Crippen molar-refractivity contribution in [2.24, 2.45) is 0 Å². The predicted octanol–water partition coefficient (Wildman–Crippen LogP) is 4.12. The fourth-order valence-electron chi connectivity index (χ4n) is 4.85. The van der Waals surface area contributed by atoms with E-state index >= 15 is 0 Å². The fourth-order valence-corrected chi connectivity index (χ4v) is 4.85. The van der Waals surface area contributed by atoms with Gasteiger partial charge < -0.3 is 26.4 Å². The minimum Gasteiger partial charge on any atom is -1.00 e. The summed E-state index contributed by atoms with van der Waals surface area (Å²) in [7, 11) is 0. The highest BCUT2D eigenvalue weighted by Crippen LogP contribution is 2.16. The van der Waals surface area contributed by atoms with Gasteiger partial charge >= 0.3 is 0 Å². The molecule has 1 aliphatic rings. The first-order chi connectivity index (χ1) is 14.7. The molecule has 1 fully saturated rings. The summed E-state index contributed by atoms with van der Waals surface area (Å²) in [4.78, 5) is 14.6. The van der Waals surface area contributed by atoms with Crippen LogP contribution in [0.1, 0.15) is 117 Å². The lowest BCUT2D eigenvalue weighted by molar-refractivity contribution is -0.924. The lowest BCUT2D eigenvalue weighted by Crippen LogP contribution is -3.00. The summed E-state index contributed by atoms with van der Waals surface area (Å²) in [5.41, 5.74) is 0. The third kappa shape index (κ3) is 14.4. The SMILES string of the molecule is C=CC[N+]1(CC)CCN(C(=O)CCCCCCCCCCCCCCCCC)CC1.[Br-]. The van der Waals surface area contributed by atoms with Crippen molar-refractivity contribution in [3.05, 3.63) is 12.7 Å². The molecule has 3 nitrogen and oxygen atoms in total. The Morgan fingerprint density at radius 3 is 1.58 bits per heavy atom. The largest absolute Gasteiger partial charge is 1.00 e. The van der Waals surface area contributed by atoms with E-state index in [-0.39, 0.29) is 17.0 Å². The van der Waals surface area contributed by atoms with Crippen LogP contribution in [0.2, 0.25) is 0 Å². The first-order valence-electron chi connectivity index (χ1n) is 13.4. The smallest absolute Gasteiger partial charge is 0.222 e. The predicted molar refractivity (Wildman–Crippen MR) is 132 cm³/mol.